The molecule has 32 heavy (non-hydrogen) atoms. The molecule has 3 N–H and O–H groups in total. The summed E-state index contributed by atoms with van der Waals surface area (Å²) in [7, 11) is 0. The van der Waals surface area contributed by atoms with Crippen molar-refractivity contribution >= 4 is 28.3 Å². The Morgan fingerprint density at radius 3 is 2.66 bits per heavy atom. The molecule has 1 amide bonds. The number of aromatic nitrogens is 2. The van der Waals surface area contributed by atoms with Crippen molar-refractivity contribution in [2.75, 3.05) is 23.8 Å². The molecule has 0 saturated carbocycles. The molecule has 0 bridgehead atoms. The molecule has 162 valence electrons. The van der Waals surface area contributed by atoms with Crippen molar-refractivity contribution in [3.05, 3.63) is 77.9 Å². The molecule has 0 saturated heterocycles. The number of aromatic amines is 1. The number of rotatable bonds is 6. The minimum atomic E-state index is -0.147. The third-order valence-electron chi connectivity index (χ3n) is 5.35. The summed E-state index contributed by atoms with van der Waals surface area (Å²) < 4.78 is 11.4. The van der Waals surface area contributed by atoms with Crippen molar-refractivity contribution in [1.82, 2.24) is 10.2 Å². The lowest BCUT2D eigenvalue weighted by molar-refractivity contribution is -0.115. The zero-order chi connectivity index (χ0) is 21.8. The number of anilines is 2. The lowest BCUT2D eigenvalue weighted by Gasteiger charge is -2.11. The largest absolute Gasteiger partial charge is 0.490 e. The van der Waals surface area contributed by atoms with Gasteiger partial charge < -0.3 is 20.1 Å². The number of carbonyl (C=O) groups excluding carboxylic acids is 1. The normalized spacial score (nSPS) is 12.9. The van der Waals surface area contributed by atoms with E-state index in [-0.39, 0.29) is 12.3 Å². The van der Waals surface area contributed by atoms with E-state index in [4.69, 9.17) is 9.47 Å². The van der Waals surface area contributed by atoms with Gasteiger partial charge in [-0.1, -0.05) is 42.5 Å². The fourth-order valence-electron chi connectivity index (χ4n) is 3.78. The number of hydrogen-bond acceptors (Lipinski definition) is 5. The highest BCUT2D eigenvalue weighted by Gasteiger charge is 2.15. The summed E-state index contributed by atoms with van der Waals surface area (Å²) in [4.78, 5) is 12.8. The Morgan fingerprint density at radius 1 is 0.938 bits per heavy atom. The molecule has 7 nitrogen and oxygen atoms in total. The van der Waals surface area contributed by atoms with Crippen LogP contribution in [0.1, 0.15) is 17.5 Å². The monoisotopic (exact) mass is 428 g/mol. The summed E-state index contributed by atoms with van der Waals surface area (Å²) in [5.41, 5.74) is 3.79. The number of benzene rings is 3. The van der Waals surface area contributed by atoms with Crippen LogP contribution < -0.4 is 20.1 Å². The van der Waals surface area contributed by atoms with Crippen molar-refractivity contribution in [2.45, 2.75) is 19.4 Å². The molecule has 0 aliphatic carbocycles. The summed E-state index contributed by atoms with van der Waals surface area (Å²) in [6.45, 7) is 1.93. The predicted octanol–water partition coefficient (Wildman–Crippen LogP) is 4.52. The van der Waals surface area contributed by atoms with Gasteiger partial charge in [-0.05, 0) is 35.4 Å². The van der Waals surface area contributed by atoms with Crippen molar-refractivity contribution < 1.29 is 14.3 Å². The Bertz CT molecular complexity index is 1240. The second-order valence-corrected chi connectivity index (χ2v) is 7.70. The smallest absolute Gasteiger partial charge is 0.230 e. The van der Waals surface area contributed by atoms with E-state index in [9.17, 15) is 4.79 Å². The highest BCUT2D eigenvalue weighted by Crippen LogP contribution is 2.31. The number of ether oxygens (including phenoxy) is 2. The van der Waals surface area contributed by atoms with E-state index in [2.05, 4.69) is 33.0 Å². The van der Waals surface area contributed by atoms with E-state index in [1.165, 1.54) is 5.56 Å². The average molecular weight is 428 g/mol. The molecule has 7 heteroatoms. The van der Waals surface area contributed by atoms with E-state index >= 15 is 0 Å². The molecule has 3 aromatic carbocycles. The first-order valence-corrected chi connectivity index (χ1v) is 10.7. The number of amides is 1. The first-order valence-electron chi connectivity index (χ1n) is 10.7. The third-order valence-corrected chi connectivity index (χ3v) is 5.35. The van der Waals surface area contributed by atoms with Gasteiger partial charge in [0.05, 0.1) is 30.5 Å². The van der Waals surface area contributed by atoms with E-state index < -0.39 is 0 Å². The van der Waals surface area contributed by atoms with Crippen molar-refractivity contribution in [1.29, 1.82) is 0 Å². The van der Waals surface area contributed by atoms with Crippen LogP contribution in [-0.4, -0.2) is 29.3 Å². The minimum Gasteiger partial charge on any atom is -0.490 e. The number of nitrogens with one attached hydrogen (secondary N) is 3. The molecule has 0 atom stereocenters. The van der Waals surface area contributed by atoms with Crippen LogP contribution >= 0.6 is 0 Å². The summed E-state index contributed by atoms with van der Waals surface area (Å²) in [6, 6.07) is 21.7. The summed E-state index contributed by atoms with van der Waals surface area (Å²) in [6.07, 6.45) is 1.06. The van der Waals surface area contributed by atoms with Gasteiger partial charge >= 0.3 is 0 Å². The van der Waals surface area contributed by atoms with Crippen LogP contribution in [0.5, 0.6) is 11.5 Å². The molecule has 4 aromatic rings. The van der Waals surface area contributed by atoms with Gasteiger partial charge in [0.15, 0.2) is 17.3 Å². The molecule has 5 rings (SSSR count). The first kappa shape index (κ1) is 19.9. The molecule has 0 spiro atoms. The Balaban J connectivity index is 1.31. The van der Waals surface area contributed by atoms with Gasteiger partial charge in [0.25, 0.3) is 0 Å². The van der Waals surface area contributed by atoms with Gasteiger partial charge in [0, 0.05) is 18.7 Å². The second-order valence-electron chi connectivity index (χ2n) is 7.70. The number of fused-ring (bicyclic) bond motifs is 2. The van der Waals surface area contributed by atoms with E-state index in [0.717, 1.165) is 34.3 Å². The SMILES string of the molecule is O=C(Cc1ccc2c(c1)OCCCO2)Nc1n[nH]c2cccc(NCc3ccccc3)c12. The van der Waals surface area contributed by atoms with Gasteiger partial charge in [0.2, 0.25) is 5.91 Å². The van der Waals surface area contributed by atoms with Crippen LogP contribution in [0, 0.1) is 0 Å². The van der Waals surface area contributed by atoms with E-state index in [0.29, 0.717) is 31.3 Å². The van der Waals surface area contributed by atoms with Crippen LogP contribution in [0.15, 0.2) is 66.7 Å². The van der Waals surface area contributed by atoms with Gasteiger partial charge in [-0.25, -0.2) is 0 Å². The summed E-state index contributed by atoms with van der Waals surface area (Å²) in [5, 5.41) is 14.6. The van der Waals surface area contributed by atoms with Crippen molar-refractivity contribution in [3.8, 4) is 11.5 Å². The maximum Gasteiger partial charge on any atom is 0.230 e. The lowest BCUT2D eigenvalue weighted by Crippen LogP contribution is -2.15. The van der Waals surface area contributed by atoms with Crippen molar-refractivity contribution in [3.63, 3.8) is 0 Å². The number of nitrogens with zero attached hydrogens (tertiary/aromatic N) is 1. The predicted molar refractivity (Wildman–Crippen MR) is 124 cm³/mol. The lowest BCUT2D eigenvalue weighted by atomic mass is 10.1. The Labute approximate surface area is 185 Å². The first-order chi connectivity index (χ1) is 15.8. The van der Waals surface area contributed by atoms with Gasteiger partial charge in [-0.3, -0.25) is 9.89 Å². The molecule has 0 unspecified atom stereocenters. The summed E-state index contributed by atoms with van der Waals surface area (Å²) >= 11 is 0. The molecular formula is C25H24N4O3. The quantitative estimate of drug-likeness (QED) is 0.420. The molecule has 2 heterocycles. The molecular weight excluding hydrogens is 404 g/mol. The van der Waals surface area contributed by atoms with Crippen LogP contribution in [0.25, 0.3) is 10.9 Å². The van der Waals surface area contributed by atoms with Gasteiger partial charge in [-0.2, -0.15) is 5.10 Å². The maximum absolute atomic E-state index is 12.8. The molecule has 1 aliphatic heterocycles. The Morgan fingerprint density at radius 2 is 1.78 bits per heavy atom. The van der Waals surface area contributed by atoms with Crippen LogP contribution in [0.2, 0.25) is 0 Å². The zero-order valence-corrected chi connectivity index (χ0v) is 17.6. The average Bonchev–Trinajstić information content (AvgIpc) is 3.07. The Hall–Kier alpha value is -4.00. The van der Waals surface area contributed by atoms with Crippen LogP contribution in [0.4, 0.5) is 11.5 Å². The fraction of sp³-hybridized carbons (Fsp3) is 0.200. The highest BCUT2D eigenvalue weighted by atomic mass is 16.5. The maximum atomic E-state index is 12.8. The van der Waals surface area contributed by atoms with Crippen LogP contribution in [-0.2, 0) is 17.8 Å². The number of hydrogen-bond donors (Lipinski definition) is 3. The Kier molecular flexibility index (Phi) is 5.61. The number of carbonyl (C=O) groups is 1. The van der Waals surface area contributed by atoms with Gasteiger partial charge in [-0.15, -0.1) is 0 Å². The standard InChI is InChI=1S/C25H24N4O3/c30-23(15-18-10-11-21-22(14-18)32-13-5-12-31-21)27-25-24-19(8-4-9-20(24)28-29-25)26-16-17-6-2-1-3-7-17/h1-4,6-11,14,26H,5,12-13,15-16H2,(H2,27,28,29,30). The highest BCUT2D eigenvalue weighted by molar-refractivity contribution is 6.05. The minimum absolute atomic E-state index is 0.147. The second kappa shape index (κ2) is 9.01. The number of H-pyrrole nitrogens is 1. The van der Waals surface area contributed by atoms with Crippen LogP contribution in [0.3, 0.4) is 0 Å². The van der Waals surface area contributed by atoms with Crippen molar-refractivity contribution in [2.24, 2.45) is 0 Å². The third kappa shape index (κ3) is 4.37. The van der Waals surface area contributed by atoms with Gasteiger partial charge in [0.1, 0.15) is 0 Å². The topological polar surface area (TPSA) is 88.3 Å². The summed E-state index contributed by atoms with van der Waals surface area (Å²) in [5.74, 6) is 1.77. The molecule has 0 radical (unpaired) electrons. The fourth-order valence-corrected chi connectivity index (χ4v) is 3.78. The molecule has 0 fully saturated rings. The molecule has 1 aliphatic rings. The van der Waals surface area contributed by atoms with E-state index in [1.807, 2.05) is 54.6 Å². The zero-order valence-electron chi connectivity index (χ0n) is 17.6. The van der Waals surface area contributed by atoms with E-state index in [1.54, 1.807) is 0 Å². The molecule has 1 aromatic heterocycles.